The van der Waals surface area contributed by atoms with E-state index in [2.05, 4.69) is 10.3 Å². The van der Waals surface area contributed by atoms with Crippen molar-refractivity contribution in [2.24, 2.45) is 10.7 Å². The van der Waals surface area contributed by atoms with E-state index in [0.717, 1.165) is 24.9 Å². The molecule has 88 valence electrons. The maximum atomic E-state index is 8.60. The van der Waals surface area contributed by atoms with Gasteiger partial charge in [0.05, 0.1) is 0 Å². The molecule has 0 atom stereocenters. The maximum Gasteiger partial charge on any atom is 0.193 e. The van der Waals surface area contributed by atoms with Crippen molar-refractivity contribution in [3.8, 4) is 0 Å². The zero-order chi connectivity index (χ0) is 11.6. The lowest BCUT2D eigenvalue weighted by Gasteiger charge is -2.04. The third kappa shape index (κ3) is 5.36. The van der Waals surface area contributed by atoms with Crippen LogP contribution in [0.1, 0.15) is 19.3 Å². The number of benzene rings is 1. The van der Waals surface area contributed by atoms with Crippen LogP contribution in [-0.2, 0) is 0 Å². The van der Waals surface area contributed by atoms with E-state index in [-0.39, 0.29) is 6.61 Å². The Morgan fingerprint density at radius 3 is 2.62 bits per heavy atom. The minimum Gasteiger partial charge on any atom is -0.396 e. The summed E-state index contributed by atoms with van der Waals surface area (Å²) in [4.78, 5) is 4.19. The smallest absolute Gasteiger partial charge is 0.193 e. The summed E-state index contributed by atoms with van der Waals surface area (Å²) < 4.78 is 0. The Morgan fingerprint density at radius 1 is 1.19 bits per heavy atom. The molecule has 0 aliphatic carbocycles. The number of hydrogen-bond acceptors (Lipinski definition) is 2. The molecule has 1 aromatic carbocycles. The van der Waals surface area contributed by atoms with Crippen molar-refractivity contribution in [3.05, 3.63) is 30.3 Å². The molecule has 0 saturated heterocycles. The summed E-state index contributed by atoms with van der Waals surface area (Å²) >= 11 is 0. The predicted octanol–water partition coefficient (Wildman–Crippen LogP) is 1.58. The first-order chi connectivity index (χ1) is 7.83. The van der Waals surface area contributed by atoms with Gasteiger partial charge in [-0.1, -0.05) is 18.2 Å². The van der Waals surface area contributed by atoms with Gasteiger partial charge in [0, 0.05) is 18.8 Å². The molecule has 0 heterocycles. The van der Waals surface area contributed by atoms with Crippen LogP contribution in [0.15, 0.2) is 35.3 Å². The summed E-state index contributed by atoms with van der Waals surface area (Å²) in [5.74, 6) is 0.440. The molecule has 0 unspecified atom stereocenters. The molecular formula is C12H19N3O. The van der Waals surface area contributed by atoms with Gasteiger partial charge in [0.15, 0.2) is 5.96 Å². The maximum absolute atomic E-state index is 8.60. The van der Waals surface area contributed by atoms with Gasteiger partial charge in [-0.3, -0.25) is 4.99 Å². The number of guanidine groups is 1. The number of anilines is 1. The van der Waals surface area contributed by atoms with Gasteiger partial charge in [-0.2, -0.15) is 0 Å². The average molecular weight is 221 g/mol. The van der Waals surface area contributed by atoms with Crippen molar-refractivity contribution >= 4 is 11.6 Å². The zero-order valence-corrected chi connectivity index (χ0v) is 9.39. The molecule has 0 aliphatic rings. The van der Waals surface area contributed by atoms with Gasteiger partial charge >= 0.3 is 0 Å². The van der Waals surface area contributed by atoms with Crippen LogP contribution in [0.25, 0.3) is 0 Å². The Balaban J connectivity index is 2.24. The van der Waals surface area contributed by atoms with Gasteiger partial charge in [0.1, 0.15) is 0 Å². The summed E-state index contributed by atoms with van der Waals surface area (Å²) in [6.07, 6.45) is 2.78. The molecule has 0 aromatic heterocycles. The van der Waals surface area contributed by atoms with Crippen LogP contribution < -0.4 is 11.1 Å². The number of aliphatic imine (C=N–C) groups is 1. The number of para-hydroxylation sites is 1. The molecule has 4 nitrogen and oxygen atoms in total. The quantitative estimate of drug-likeness (QED) is 0.388. The van der Waals surface area contributed by atoms with Gasteiger partial charge in [0.25, 0.3) is 0 Å². The molecule has 1 rings (SSSR count). The molecule has 1 aromatic rings. The molecule has 0 fully saturated rings. The van der Waals surface area contributed by atoms with Crippen LogP contribution in [0.3, 0.4) is 0 Å². The highest BCUT2D eigenvalue weighted by Crippen LogP contribution is 2.03. The van der Waals surface area contributed by atoms with Gasteiger partial charge in [-0.15, -0.1) is 0 Å². The van der Waals surface area contributed by atoms with Crippen molar-refractivity contribution < 1.29 is 5.11 Å². The lowest BCUT2D eigenvalue weighted by molar-refractivity contribution is 0.283. The Morgan fingerprint density at radius 2 is 1.94 bits per heavy atom. The summed E-state index contributed by atoms with van der Waals surface area (Å²) in [7, 11) is 0. The number of nitrogens with two attached hydrogens (primary N) is 1. The lowest BCUT2D eigenvalue weighted by Crippen LogP contribution is -2.22. The fourth-order valence-electron chi connectivity index (χ4n) is 1.31. The highest BCUT2D eigenvalue weighted by Gasteiger charge is 1.93. The Labute approximate surface area is 96.2 Å². The Bertz CT molecular complexity index is 311. The number of hydrogen-bond donors (Lipinski definition) is 3. The highest BCUT2D eigenvalue weighted by atomic mass is 16.2. The van der Waals surface area contributed by atoms with Crippen molar-refractivity contribution in [2.75, 3.05) is 18.5 Å². The first kappa shape index (κ1) is 12.5. The standard InChI is InChI=1S/C12H19N3O/c13-12(14-9-5-2-6-10-16)15-11-7-3-1-4-8-11/h1,3-4,7-8,16H,2,5-6,9-10H2,(H3,13,14,15). The van der Waals surface area contributed by atoms with E-state index >= 15 is 0 Å². The number of aliphatic hydroxyl groups is 1. The van der Waals surface area contributed by atoms with Gasteiger partial charge < -0.3 is 16.2 Å². The van der Waals surface area contributed by atoms with E-state index in [1.807, 2.05) is 30.3 Å². The van der Waals surface area contributed by atoms with Crippen molar-refractivity contribution in [2.45, 2.75) is 19.3 Å². The van der Waals surface area contributed by atoms with E-state index in [4.69, 9.17) is 10.8 Å². The van der Waals surface area contributed by atoms with Crippen molar-refractivity contribution in [1.29, 1.82) is 0 Å². The normalized spacial score (nSPS) is 11.4. The van der Waals surface area contributed by atoms with Crippen LogP contribution in [0.4, 0.5) is 5.69 Å². The number of aliphatic hydroxyl groups excluding tert-OH is 1. The molecule has 4 heteroatoms. The van der Waals surface area contributed by atoms with E-state index in [1.165, 1.54) is 0 Å². The van der Waals surface area contributed by atoms with Gasteiger partial charge in [-0.05, 0) is 31.4 Å². The fourth-order valence-corrected chi connectivity index (χ4v) is 1.31. The molecule has 0 radical (unpaired) electrons. The average Bonchev–Trinajstić information content (AvgIpc) is 2.30. The Kier molecular flexibility index (Phi) is 6.03. The van der Waals surface area contributed by atoms with Crippen molar-refractivity contribution in [3.63, 3.8) is 0 Å². The number of unbranched alkanes of at least 4 members (excludes halogenated alkanes) is 2. The number of nitrogens with one attached hydrogen (secondary N) is 1. The minimum atomic E-state index is 0.251. The van der Waals surface area contributed by atoms with Gasteiger partial charge in [0.2, 0.25) is 0 Å². The van der Waals surface area contributed by atoms with Crippen LogP contribution in [-0.4, -0.2) is 24.2 Å². The third-order valence-electron chi connectivity index (χ3n) is 2.14. The second-order valence-corrected chi connectivity index (χ2v) is 3.54. The number of rotatable bonds is 6. The van der Waals surface area contributed by atoms with Crippen LogP contribution in [0, 0.1) is 0 Å². The van der Waals surface area contributed by atoms with E-state index in [1.54, 1.807) is 0 Å². The molecule has 0 amide bonds. The topological polar surface area (TPSA) is 70.6 Å². The molecule has 0 aliphatic heterocycles. The van der Waals surface area contributed by atoms with Crippen LogP contribution >= 0.6 is 0 Å². The summed E-state index contributed by atoms with van der Waals surface area (Å²) in [5, 5.41) is 11.6. The first-order valence-electron chi connectivity index (χ1n) is 5.56. The van der Waals surface area contributed by atoms with Crippen molar-refractivity contribution in [1.82, 2.24) is 0 Å². The highest BCUT2D eigenvalue weighted by molar-refractivity contribution is 5.92. The molecule has 0 spiro atoms. The molecule has 0 saturated carbocycles. The Hall–Kier alpha value is -1.55. The molecular weight excluding hydrogens is 202 g/mol. The largest absolute Gasteiger partial charge is 0.396 e. The van der Waals surface area contributed by atoms with Gasteiger partial charge in [-0.25, -0.2) is 0 Å². The second-order valence-electron chi connectivity index (χ2n) is 3.54. The number of nitrogens with zero attached hydrogens (tertiary/aromatic N) is 1. The zero-order valence-electron chi connectivity index (χ0n) is 9.39. The third-order valence-corrected chi connectivity index (χ3v) is 2.14. The summed E-state index contributed by atoms with van der Waals surface area (Å²) in [6, 6.07) is 9.71. The fraction of sp³-hybridized carbons (Fsp3) is 0.417. The summed E-state index contributed by atoms with van der Waals surface area (Å²) in [5.41, 5.74) is 6.65. The van der Waals surface area contributed by atoms with Crippen LogP contribution in [0.5, 0.6) is 0 Å². The molecule has 16 heavy (non-hydrogen) atoms. The van der Waals surface area contributed by atoms with E-state index in [9.17, 15) is 0 Å². The summed E-state index contributed by atoms with van der Waals surface area (Å²) in [6.45, 7) is 0.952. The predicted molar refractivity (Wildman–Crippen MR) is 67.5 cm³/mol. The molecule has 4 N–H and O–H groups in total. The monoisotopic (exact) mass is 221 g/mol. The lowest BCUT2D eigenvalue weighted by atomic mass is 10.2. The van der Waals surface area contributed by atoms with Crippen LogP contribution in [0.2, 0.25) is 0 Å². The SMILES string of the molecule is NC(=NCCCCCO)Nc1ccccc1. The molecule has 0 bridgehead atoms. The minimum absolute atomic E-state index is 0.251. The second kappa shape index (κ2) is 7.70. The van der Waals surface area contributed by atoms with E-state index < -0.39 is 0 Å². The van der Waals surface area contributed by atoms with E-state index in [0.29, 0.717) is 12.5 Å². The first-order valence-corrected chi connectivity index (χ1v) is 5.56.